The number of rotatable bonds is 7. The lowest BCUT2D eigenvalue weighted by Gasteiger charge is -2.10. The maximum atomic E-state index is 13.3. The highest BCUT2D eigenvalue weighted by Crippen LogP contribution is 2.13. The molecule has 1 N–H and O–H groups in total. The second kappa shape index (κ2) is 9.04. The lowest BCUT2D eigenvalue weighted by Crippen LogP contribution is -2.28. The number of nitrogens with zero attached hydrogens (tertiary/aromatic N) is 1. The summed E-state index contributed by atoms with van der Waals surface area (Å²) in [6, 6.07) is 5.80. The molecule has 0 heterocycles. The lowest BCUT2D eigenvalue weighted by atomic mass is 10.3. The molecule has 0 aliphatic carbocycles. The van der Waals surface area contributed by atoms with Crippen molar-refractivity contribution in [2.24, 2.45) is 0 Å². The fourth-order valence-electron chi connectivity index (χ4n) is 1.29. The highest BCUT2D eigenvalue weighted by molar-refractivity contribution is 8.00. The number of ether oxygens (including phenoxy) is 1. The van der Waals surface area contributed by atoms with Crippen LogP contribution in [0.25, 0.3) is 0 Å². The number of benzene rings is 1. The van der Waals surface area contributed by atoms with E-state index in [9.17, 15) is 18.8 Å². The van der Waals surface area contributed by atoms with Crippen LogP contribution in [0.4, 0.5) is 10.1 Å². The van der Waals surface area contributed by atoms with E-state index < -0.39 is 17.7 Å². The molecule has 0 spiro atoms. The second-order valence-corrected chi connectivity index (χ2v) is 5.46. The number of likely N-dealkylation sites (N-methyl/N-ethyl adjacent to an activating group) is 1. The van der Waals surface area contributed by atoms with Crippen LogP contribution in [0.3, 0.4) is 0 Å². The zero-order valence-corrected chi connectivity index (χ0v) is 13.1. The smallest absolute Gasteiger partial charge is 0.316 e. The van der Waals surface area contributed by atoms with Gasteiger partial charge in [0.1, 0.15) is 5.82 Å². The van der Waals surface area contributed by atoms with Crippen LogP contribution in [0, 0.1) is 5.82 Å². The minimum absolute atomic E-state index is 0.0228. The van der Waals surface area contributed by atoms with E-state index in [1.54, 1.807) is 20.2 Å². The van der Waals surface area contributed by atoms with E-state index in [1.807, 2.05) is 0 Å². The third kappa shape index (κ3) is 6.57. The summed E-state index contributed by atoms with van der Waals surface area (Å²) < 4.78 is 18.1. The lowest BCUT2D eigenvalue weighted by molar-refractivity contribution is -0.148. The molecule has 22 heavy (non-hydrogen) atoms. The molecule has 0 saturated heterocycles. The molecular weight excluding hydrogens is 311 g/mol. The Labute approximate surface area is 132 Å². The molecule has 0 atom stereocenters. The van der Waals surface area contributed by atoms with Crippen LogP contribution in [0.2, 0.25) is 0 Å². The van der Waals surface area contributed by atoms with E-state index in [2.05, 4.69) is 5.32 Å². The topological polar surface area (TPSA) is 75.7 Å². The van der Waals surface area contributed by atoms with E-state index in [0.717, 1.165) is 11.8 Å². The number of carbonyl (C=O) groups is 3. The molecule has 2 amide bonds. The zero-order chi connectivity index (χ0) is 16.5. The first-order valence-corrected chi connectivity index (χ1v) is 7.53. The van der Waals surface area contributed by atoms with Crippen molar-refractivity contribution < 1.29 is 23.5 Å². The summed E-state index contributed by atoms with van der Waals surface area (Å²) in [5.41, 5.74) is 0.0901. The molecule has 120 valence electrons. The van der Waals surface area contributed by atoms with Gasteiger partial charge in [-0.25, -0.2) is 4.39 Å². The fraction of sp³-hybridized carbons (Fsp3) is 0.357. The molecule has 1 aromatic rings. The van der Waals surface area contributed by atoms with Gasteiger partial charge < -0.3 is 15.0 Å². The van der Waals surface area contributed by atoms with E-state index in [-0.39, 0.29) is 29.7 Å². The van der Waals surface area contributed by atoms with Crippen LogP contribution in [0.15, 0.2) is 24.3 Å². The third-order valence-electron chi connectivity index (χ3n) is 2.46. The van der Waals surface area contributed by atoms with Crippen molar-refractivity contribution in [1.82, 2.24) is 4.90 Å². The van der Waals surface area contributed by atoms with Gasteiger partial charge >= 0.3 is 5.97 Å². The second-order valence-electron chi connectivity index (χ2n) is 4.47. The summed E-state index contributed by atoms with van der Waals surface area (Å²) in [6.07, 6.45) is 0. The van der Waals surface area contributed by atoms with Crippen molar-refractivity contribution in [2.45, 2.75) is 0 Å². The minimum Gasteiger partial charge on any atom is -0.455 e. The Balaban J connectivity index is 2.24. The number of halogens is 1. The highest BCUT2D eigenvalue weighted by atomic mass is 32.2. The number of esters is 1. The van der Waals surface area contributed by atoms with Crippen molar-refractivity contribution in [1.29, 1.82) is 0 Å². The Kier molecular flexibility index (Phi) is 7.38. The van der Waals surface area contributed by atoms with Crippen molar-refractivity contribution in [3.8, 4) is 0 Å². The van der Waals surface area contributed by atoms with Gasteiger partial charge in [-0.3, -0.25) is 14.4 Å². The normalized spacial score (nSPS) is 9.95. The maximum Gasteiger partial charge on any atom is 0.316 e. The first-order chi connectivity index (χ1) is 10.4. The summed E-state index contributed by atoms with van der Waals surface area (Å²) >= 11 is 1.02. The quantitative estimate of drug-likeness (QED) is 0.760. The first-order valence-electron chi connectivity index (χ1n) is 6.38. The Morgan fingerprint density at radius 2 is 1.91 bits per heavy atom. The van der Waals surface area contributed by atoms with E-state index in [0.29, 0.717) is 0 Å². The van der Waals surface area contributed by atoms with Crippen LogP contribution in [-0.4, -0.2) is 54.9 Å². The Hall–Kier alpha value is -2.09. The van der Waals surface area contributed by atoms with Crippen molar-refractivity contribution in [3.63, 3.8) is 0 Å². The van der Waals surface area contributed by atoms with Gasteiger partial charge in [0.15, 0.2) is 6.61 Å². The summed E-state index contributed by atoms with van der Waals surface area (Å²) in [7, 11) is 3.11. The largest absolute Gasteiger partial charge is 0.455 e. The van der Waals surface area contributed by atoms with Gasteiger partial charge in [0.25, 0.3) is 5.91 Å². The molecule has 0 aliphatic heterocycles. The standard InChI is InChI=1S/C14H17FN2O4S/c1-17(2)13(19)7-21-14(20)9-22-8-12(18)16-11-6-4-3-5-10(11)15/h3-6H,7-9H2,1-2H3,(H,16,18). The van der Waals surface area contributed by atoms with Gasteiger partial charge in [-0.2, -0.15) is 0 Å². The number of thioether (sulfide) groups is 1. The van der Waals surface area contributed by atoms with E-state index in [1.165, 1.54) is 23.1 Å². The van der Waals surface area contributed by atoms with Crippen molar-refractivity contribution in [2.75, 3.05) is 37.5 Å². The third-order valence-corrected chi connectivity index (χ3v) is 3.36. The Morgan fingerprint density at radius 1 is 1.23 bits per heavy atom. The number of nitrogens with one attached hydrogen (secondary N) is 1. The predicted octanol–water partition coefficient (Wildman–Crippen LogP) is 1.13. The average molecular weight is 328 g/mol. The molecule has 0 unspecified atom stereocenters. The van der Waals surface area contributed by atoms with Gasteiger partial charge in [-0.05, 0) is 12.1 Å². The molecular formula is C14H17FN2O4S. The molecule has 0 saturated carbocycles. The fourth-order valence-corrected chi connectivity index (χ4v) is 1.90. The molecule has 6 nitrogen and oxygen atoms in total. The Morgan fingerprint density at radius 3 is 2.55 bits per heavy atom. The summed E-state index contributed by atoms with van der Waals surface area (Å²) in [5, 5.41) is 2.40. The summed E-state index contributed by atoms with van der Waals surface area (Å²) in [6.45, 7) is -0.326. The molecule has 0 aromatic heterocycles. The van der Waals surface area contributed by atoms with Crippen LogP contribution < -0.4 is 5.32 Å². The predicted molar refractivity (Wildman–Crippen MR) is 82.0 cm³/mol. The van der Waals surface area contributed by atoms with Crippen molar-refractivity contribution in [3.05, 3.63) is 30.1 Å². The summed E-state index contributed by atoms with van der Waals surface area (Å²) in [5.74, 6) is -1.94. The van der Waals surface area contributed by atoms with Gasteiger partial charge in [-0.1, -0.05) is 12.1 Å². The number of anilines is 1. The zero-order valence-electron chi connectivity index (χ0n) is 12.3. The van der Waals surface area contributed by atoms with Crippen LogP contribution in [-0.2, 0) is 19.1 Å². The SMILES string of the molecule is CN(C)C(=O)COC(=O)CSCC(=O)Nc1ccccc1F. The molecule has 1 aromatic carbocycles. The minimum atomic E-state index is -0.584. The van der Waals surface area contributed by atoms with Gasteiger partial charge in [0, 0.05) is 14.1 Å². The number of hydrogen-bond acceptors (Lipinski definition) is 5. The van der Waals surface area contributed by atoms with Crippen LogP contribution in [0.5, 0.6) is 0 Å². The number of carbonyl (C=O) groups excluding carboxylic acids is 3. The van der Waals surface area contributed by atoms with Crippen LogP contribution in [0.1, 0.15) is 0 Å². The highest BCUT2D eigenvalue weighted by Gasteiger charge is 2.11. The summed E-state index contributed by atoms with van der Waals surface area (Å²) in [4.78, 5) is 35.5. The molecule has 1 rings (SSSR count). The van der Waals surface area contributed by atoms with Crippen molar-refractivity contribution >= 4 is 35.2 Å². The van der Waals surface area contributed by atoms with Gasteiger partial charge in [0.2, 0.25) is 5.91 Å². The number of amides is 2. The average Bonchev–Trinajstić information content (AvgIpc) is 2.47. The molecule has 0 aliphatic rings. The van der Waals surface area contributed by atoms with E-state index >= 15 is 0 Å². The van der Waals surface area contributed by atoms with E-state index in [4.69, 9.17) is 4.74 Å². The number of hydrogen-bond donors (Lipinski definition) is 1. The van der Waals surface area contributed by atoms with Gasteiger partial charge in [0.05, 0.1) is 17.2 Å². The monoisotopic (exact) mass is 328 g/mol. The first kappa shape index (κ1) is 18.0. The Bertz CT molecular complexity index is 551. The van der Waals surface area contributed by atoms with Gasteiger partial charge in [-0.15, -0.1) is 11.8 Å². The molecule has 0 bridgehead atoms. The van der Waals surface area contributed by atoms with Crippen LogP contribution >= 0.6 is 11.8 Å². The number of para-hydroxylation sites is 1. The molecule has 0 fully saturated rings. The molecule has 8 heteroatoms. The molecule has 0 radical (unpaired) electrons. The maximum absolute atomic E-state index is 13.3.